The molecule has 1 aliphatic rings. The predicted octanol–water partition coefficient (Wildman–Crippen LogP) is 2.84. The third kappa shape index (κ3) is 3.90. The Morgan fingerprint density at radius 3 is 2.53 bits per heavy atom. The number of amides is 1. The van der Waals surface area contributed by atoms with Gasteiger partial charge in [-0.3, -0.25) is 4.79 Å². The molecule has 1 heterocycles. The third-order valence-corrected chi connectivity index (χ3v) is 4.56. The number of piperidine rings is 1. The molecule has 4 heteroatoms. The van der Waals surface area contributed by atoms with Crippen LogP contribution in [0.4, 0.5) is 5.69 Å². The Balaban J connectivity index is 1.81. The average Bonchev–Trinajstić information content (AvgIpc) is 2.47. The number of carbonyl (C=O) groups excluding carboxylic acids is 1. The summed E-state index contributed by atoms with van der Waals surface area (Å²) in [5, 5.41) is 3.62. The second-order valence-electron chi connectivity index (χ2n) is 4.99. The van der Waals surface area contributed by atoms with Crippen LogP contribution in [0.15, 0.2) is 30.3 Å². The molecule has 2 rings (SSSR count). The monoisotopic (exact) mass is 278 g/mol. The Labute approximate surface area is 119 Å². The zero-order valence-corrected chi connectivity index (χ0v) is 12.5. The van der Waals surface area contributed by atoms with E-state index >= 15 is 0 Å². The van der Waals surface area contributed by atoms with Crippen LogP contribution in [0.2, 0.25) is 0 Å². The zero-order valence-electron chi connectivity index (χ0n) is 11.6. The van der Waals surface area contributed by atoms with Gasteiger partial charge < -0.3 is 10.2 Å². The summed E-state index contributed by atoms with van der Waals surface area (Å²) in [6, 6.07) is 10.8. The van der Waals surface area contributed by atoms with Gasteiger partial charge in [0.15, 0.2) is 0 Å². The Bertz CT molecular complexity index is 402. The van der Waals surface area contributed by atoms with Gasteiger partial charge >= 0.3 is 0 Å². The topological polar surface area (TPSA) is 32.3 Å². The van der Waals surface area contributed by atoms with Crippen molar-refractivity contribution in [2.75, 3.05) is 24.7 Å². The molecule has 0 spiro atoms. The lowest BCUT2D eigenvalue weighted by Gasteiger charge is -2.34. The highest BCUT2D eigenvalue weighted by Crippen LogP contribution is 2.18. The van der Waals surface area contributed by atoms with Crippen molar-refractivity contribution in [2.24, 2.45) is 0 Å². The fourth-order valence-corrected chi connectivity index (χ4v) is 2.72. The first-order chi connectivity index (χ1) is 9.20. The molecule has 1 unspecified atom stereocenters. The second kappa shape index (κ2) is 6.85. The van der Waals surface area contributed by atoms with Crippen LogP contribution in [-0.2, 0) is 4.79 Å². The van der Waals surface area contributed by atoms with Crippen LogP contribution in [0.5, 0.6) is 0 Å². The molecule has 1 saturated heterocycles. The Kier molecular flexibility index (Phi) is 5.14. The van der Waals surface area contributed by atoms with Gasteiger partial charge in [-0.1, -0.05) is 18.2 Å². The van der Waals surface area contributed by atoms with Gasteiger partial charge in [0, 0.05) is 24.8 Å². The number of thioether (sulfide) groups is 1. The first kappa shape index (κ1) is 14.3. The number of rotatable bonds is 4. The molecule has 1 aromatic carbocycles. The lowest BCUT2D eigenvalue weighted by atomic mass is 10.0. The quantitative estimate of drug-likeness (QED) is 0.919. The van der Waals surface area contributed by atoms with Crippen molar-refractivity contribution in [3.8, 4) is 0 Å². The minimum Gasteiger partial charge on any atom is -0.382 e. The van der Waals surface area contributed by atoms with Crippen LogP contribution >= 0.6 is 11.8 Å². The molecule has 19 heavy (non-hydrogen) atoms. The zero-order chi connectivity index (χ0) is 13.7. The highest BCUT2D eigenvalue weighted by molar-refractivity contribution is 7.99. The molecule has 1 atom stereocenters. The van der Waals surface area contributed by atoms with Gasteiger partial charge in [0.1, 0.15) is 0 Å². The number of benzene rings is 1. The summed E-state index contributed by atoms with van der Waals surface area (Å²) in [6.45, 7) is 3.73. The highest BCUT2D eigenvalue weighted by Gasteiger charge is 2.25. The summed E-state index contributed by atoms with van der Waals surface area (Å²) in [6.07, 6.45) is 4.05. The first-order valence-corrected chi connectivity index (χ1v) is 8.12. The van der Waals surface area contributed by atoms with E-state index in [2.05, 4.69) is 17.4 Å². The van der Waals surface area contributed by atoms with Crippen LogP contribution in [0.1, 0.15) is 19.8 Å². The van der Waals surface area contributed by atoms with Crippen LogP contribution in [0.3, 0.4) is 0 Å². The molecule has 1 aromatic rings. The van der Waals surface area contributed by atoms with Gasteiger partial charge in [0.25, 0.3) is 0 Å². The van der Waals surface area contributed by atoms with E-state index in [0.29, 0.717) is 6.04 Å². The van der Waals surface area contributed by atoms with Crippen molar-refractivity contribution in [3.05, 3.63) is 30.3 Å². The van der Waals surface area contributed by atoms with Gasteiger partial charge in [-0.15, -0.1) is 0 Å². The summed E-state index contributed by atoms with van der Waals surface area (Å²) >= 11 is 1.62. The Morgan fingerprint density at radius 2 is 1.95 bits per heavy atom. The summed E-state index contributed by atoms with van der Waals surface area (Å²) in [5.41, 5.74) is 1.17. The van der Waals surface area contributed by atoms with E-state index in [1.807, 2.05) is 36.3 Å². The standard InChI is InChI=1S/C15H22N2OS/c1-12(19-2)15(18)17-10-8-14(9-11-17)16-13-6-4-3-5-7-13/h3-7,12,14,16H,8-11H2,1-2H3. The summed E-state index contributed by atoms with van der Waals surface area (Å²) in [4.78, 5) is 14.1. The summed E-state index contributed by atoms with van der Waals surface area (Å²) in [5.74, 6) is 0.283. The minimum absolute atomic E-state index is 0.0821. The molecule has 3 nitrogen and oxygen atoms in total. The second-order valence-corrected chi connectivity index (χ2v) is 6.17. The minimum atomic E-state index is 0.0821. The molecule has 0 aliphatic carbocycles. The molecular formula is C15H22N2OS. The van der Waals surface area contributed by atoms with E-state index in [0.717, 1.165) is 25.9 Å². The fraction of sp³-hybridized carbons (Fsp3) is 0.533. The van der Waals surface area contributed by atoms with Crippen LogP contribution in [0, 0.1) is 0 Å². The fourth-order valence-electron chi connectivity index (χ4n) is 2.37. The molecule has 0 aromatic heterocycles. The highest BCUT2D eigenvalue weighted by atomic mass is 32.2. The van der Waals surface area contributed by atoms with Crippen molar-refractivity contribution in [3.63, 3.8) is 0 Å². The lowest BCUT2D eigenvalue weighted by Crippen LogP contribution is -2.45. The van der Waals surface area contributed by atoms with Crippen molar-refractivity contribution in [1.29, 1.82) is 0 Å². The molecule has 1 aliphatic heterocycles. The first-order valence-electron chi connectivity index (χ1n) is 6.84. The summed E-state index contributed by atoms with van der Waals surface area (Å²) < 4.78 is 0. The molecule has 0 saturated carbocycles. The average molecular weight is 278 g/mol. The smallest absolute Gasteiger partial charge is 0.235 e. The molecule has 1 fully saturated rings. The Morgan fingerprint density at radius 1 is 1.32 bits per heavy atom. The third-order valence-electron chi connectivity index (χ3n) is 3.65. The maximum absolute atomic E-state index is 12.1. The van der Waals surface area contributed by atoms with Crippen molar-refractivity contribution >= 4 is 23.4 Å². The number of hydrogen-bond acceptors (Lipinski definition) is 3. The number of anilines is 1. The lowest BCUT2D eigenvalue weighted by molar-refractivity contribution is -0.131. The maximum Gasteiger partial charge on any atom is 0.235 e. The number of carbonyl (C=O) groups is 1. The number of likely N-dealkylation sites (tertiary alicyclic amines) is 1. The molecule has 0 bridgehead atoms. The van der Waals surface area contributed by atoms with E-state index in [1.165, 1.54) is 5.69 Å². The molecule has 0 radical (unpaired) electrons. The number of para-hydroxylation sites is 1. The van der Waals surface area contributed by atoms with E-state index in [4.69, 9.17) is 0 Å². The number of hydrogen-bond donors (Lipinski definition) is 1. The molecule has 1 amide bonds. The number of nitrogens with zero attached hydrogens (tertiary/aromatic N) is 1. The van der Waals surface area contributed by atoms with E-state index in [1.54, 1.807) is 11.8 Å². The Hall–Kier alpha value is -1.16. The molecular weight excluding hydrogens is 256 g/mol. The van der Waals surface area contributed by atoms with Crippen molar-refractivity contribution in [1.82, 2.24) is 4.90 Å². The van der Waals surface area contributed by atoms with Gasteiger partial charge in [-0.05, 0) is 38.2 Å². The maximum atomic E-state index is 12.1. The van der Waals surface area contributed by atoms with Crippen molar-refractivity contribution < 1.29 is 4.79 Å². The van der Waals surface area contributed by atoms with E-state index in [9.17, 15) is 4.79 Å². The predicted molar refractivity (Wildman–Crippen MR) is 82.6 cm³/mol. The number of nitrogens with one attached hydrogen (secondary N) is 1. The van der Waals surface area contributed by atoms with E-state index < -0.39 is 0 Å². The molecule has 104 valence electrons. The summed E-state index contributed by atoms with van der Waals surface area (Å²) in [7, 11) is 0. The van der Waals surface area contributed by atoms with Gasteiger partial charge in [-0.2, -0.15) is 11.8 Å². The molecule has 1 N–H and O–H groups in total. The van der Waals surface area contributed by atoms with Crippen LogP contribution < -0.4 is 5.32 Å². The van der Waals surface area contributed by atoms with Crippen molar-refractivity contribution in [2.45, 2.75) is 31.1 Å². The van der Waals surface area contributed by atoms with Gasteiger partial charge in [-0.25, -0.2) is 0 Å². The van der Waals surface area contributed by atoms with Crippen LogP contribution in [0.25, 0.3) is 0 Å². The van der Waals surface area contributed by atoms with E-state index in [-0.39, 0.29) is 11.2 Å². The largest absolute Gasteiger partial charge is 0.382 e. The van der Waals surface area contributed by atoms with Crippen LogP contribution in [-0.4, -0.2) is 41.4 Å². The van der Waals surface area contributed by atoms with Gasteiger partial charge in [0.2, 0.25) is 5.91 Å². The SMILES string of the molecule is CSC(C)C(=O)N1CCC(Nc2ccccc2)CC1. The normalized spacial score (nSPS) is 18.1. The van der Waals surface area contributed by atoms with Gasteiger partial charge in [0.05, 0.1) is 5.25 Å².